The van der Waals surface area contributed by atoms with E-state index in [0.717, 1.165) is 21.1 Å². The van der Waals surface area contributed by atoms with E-state index in [0.29, 0.717) is 6.54 Å². The monoisotopic (exact) mass is 387 g/mol. The Morgan fingerprint density at radius 3 is 2.33 bits per heavy atom. The van der Waals surface area contributed by atoms with E-state index in [9.17, 15) is 9.59 Å². The number of carbonyl (C=O) groups is 2. The van der Waals surface area contributed by atoms with Crippen molar-refractivity contribution in [3.63, 3.8) is 0 Å². The molecule has 2 amide bonds. The molecule has 0 saturated heterocycles. The first-order chi connectivity index (χ1) is 12.6. The zero-order valence-corrected chi connectivity index (χ0v) is 17.9. The predicted octanol–water partition coefficient (Wildman–Crippen LogP) is 3.73. The van der Waals surface area contributed by atoms with Crippen LogP contribution in [0, 0.1) is 13.8 Å². The molecule has 0 radical (unpaired) electrons. The van der Waals surface area contributed by atoms with Gasteiger partial charge in [-0.25, -0.2) is 4.98 Å². The third kappa shape index (κ3) is 6.17. The fraction of sp³-hybridized carbons (Fsp3) is 0.476. The molecule has 0 aliphatic heterocycles. The van der Waals surface area contributed by atoms with Gasteiger partial charge in [0.05, 0.1) is 23.7 Å². The van der Waals surface area contributed by atoms with Crippen LogP contribution in [0.1, 0.15) is 43.1 Å². The maximum atomic E-state index is 12.8. The molecule has 1 aromatic carbocycles. The van der Waals surface area contributed by atoms with E-state index in [2.05, 4.69) is 10.3 Å². The summed E-state index contributed by atoms with van der Waals surface area (Å²) < 4.78 is 0. The van der Waals surface area contributed by atoms with Crippen LogP contribution < -0.4 is 5.32 Å². The van der Waals surface area contributed by atoms with Crippen LogP contribution in [0.3, 0.4) is 0 Å². The van der Waals surface area contributed by atoms with Crippen LogP contribution in [0.2, 0.25) is 0 Å². The second kappa shape index (κ2) is 8.65. The fourth-order valence-corrected chi connectivity index (χ4v) is 3.73. The van der Waals surface area contributed by atoms with Gasteiger partial charge in [-0.15, -0.1) is 11.3 Å². The molecule has 0 aliphatic carbocycles. The summed E-state index contributed by atoms with van der Waals surface area (Å²) in [7, 11) is 0. The quantitative estimate of drug-likeness (QED) is 0.821. The molecule has 0 bridgehead atoms. The maximum Gasteiger partial charge on any atom is 0.240 e. The molecule has 6 heteroatoms. The number of hydrogen-bond donors (Lipinski definition) is 1. The minimum atomic E-state index is -0.313. The van der Waals surface area contributed by atoms with Crippen molar-refractivity contribution in [3.05, 3.63) is 39.7 Å². The van der Waals surface area contributed by atoms with Crippen molar-refractivity contribution in [1.29, 1.82) is 0 Å². The highest BCUT2D eigenvalue weighted by molar-refractivity contribution is 7.12. The molecule has 1 N–H and O–H groups in total. The Kier molecular flexibility index (Phi) is 6.76. The third-order valence-electron chi connectivity index (χ3n) is 4.02. The highest BCUT2D eigenvalue weighted by Gasteiger charge is 2.22. The van der Waals surface area contributed by atoms with Crippen LogP contribution in [0.4, 0.5) is 0 Å². The zero-order valence-electron chi connectivity index (χ0n) is 17.0. The van der Waals surface area contributed by atoms with E-state index in [1.54, 1.807) is 4.90 Å². The lowest BCUT2D eigenvalue weighted by molar-refractivity contribution is -0.135. The molecule has 1 aromatic heterocycles. The third-order valence-corrected chi connectivity index (χ3v) is 5.00. The van der Waals surface area contributed by atoms with Gasteiger partial charge in [0.15, 0.2) is 0 Å². The first kappa shape index (κ1) is 21.1. The van der Waals surface area contributed by atoms with E-state index < -0.39 is 0 Å². The minimum Gasteiger partial charge on any atom is -0.350 e. The predicted molar refractivity (Wildman–Crippen MR) is 111 cm³/mol. The van der Waals surface area contributed by atoms with Gasteiger partial charge in [-0.2, -0.15) is 0 Å². The van der Waals surface area contributed by atoms with Crippen LogP contribution in [0.5, 0.6) is 0 Å². The minimum absolute atomic E-state index is 0.0569. The summed E-state index contributed by atoms with van der Waals surface area (Å²) in [6.45, 7) is 12.2. The molecule has 0 unspecified atom stereocenters. The number of carbonyl (C=O) groups excluding carboxylic acids is 2. The standard InChI is InChI=1S/C21H29N3O2S/c1-7-24(13-18(25)23-21(4,5)6)19(26)12-17-20(22-15(3)27-17)16-10-8-14(2)9-11-16/h8-11H,7,12-13H2,1-6H3,(H,23,25). The number of benzene rings is 1. The van der Waals surface area contributed by atoms with Gasteiger partial charge in [-0.1, -0.05) is 29.8 Å². The summed E-state index contributed by atoms with van der Waals surface area (Å²) in [4.78, 5) is 32.2. The highest BCUT2D eigenvalue weighted by Crippen LogP contribution is 2.29. The first-order valence-electron chi connectivity index (χ1n) is 9.21. The van der Waals surface area contributed by atoms with Crippen molar-refractivity contribution in [2.24, 2.45) is 0 Å². The molecule has 2 rings (SSSR count). The second-order valence-electron chi connectivity index (χ2n) is 7.75. The van der Waals surface area contributed by atoms with Crippen molar-refractivity contribution in [2.75, 3.05) is 13.1 Å². The fourth-order valence-electron chi connectivity index (χ4n) is 2.78. The summed E-state index contributed by atoms with van der Waals surface area (Å²) >= 11 is 1.54. The molecule has 2 aromatic rings. The Bertz CT molecular complexity index is 804. The van der Waals surface area contributed by atoms with E-state index in [1.165, 1.54) is 16.9 Å². The number of amides is 2. The van der Waals surface area contributed by atoms with Crippen molar-refractivity contribution in [2.45, 2.75) is 53.5 Å². The van der Waals surface area contributed by atoms with Gasteiger partial charge in [-0.3, -0.25) is 9.59 Å². The number of aromatic nitrogens is 1. The van der Waals surface area contributed by atoms with Gasteiger partial charge in [-0.05, 0) is 41.5 Å². The molecular weight excluding hydrogens is 358 g/mol. The molecule has 146 valence electrons. The van der Waals surface area contributed by atoms with Crippen LogP contribution >= 0.6 is 11.3 Å². The van der Waals surface area contributed by atoms with Crippen molar-refractivity contribution in [3.8, 4) is 11.3 Å². The van der Waals surface area contributed by atoms with Gasteiger partial charge in [0.25, 0.3) is 0 Å². The molecule has 0 saturated carbocycles. The topological polar surface area (TPSA) is 62.3 Å². The van der Waals surface area contributed by atoms with Crippen LogP contribution in [-0.4, -0.2) is 40.3 Å². The summed E-state index contributed by atoms with van der Waals surface area (Å²) in [5.74, 6) is -0.199. The summed E-state index contributed by atoms with van der Waals surface area (Å²) in [5.41, 5.74) is 2.75. The Morgan fingerprint density at radius 2 is 1.78 bits per heavy atom. The van der Waals surface area contributed by atoms with Gasteiger partial charge >= 0.3 is 0 Å². The summed E-state index contributed by atoms with van der Waals surface area (Å²) in [5, 5.41) is 3.84. The molecular formula is C21H29N3O2S. The maximum absolute atomic E-state index is 12.8. The number of nitrogens with one attached hydrogen (secondary N) is 1. The van der Waals surface area contributed by atoms with E-state index in [-0.39, 0.29) is 30.3 Å². The van der Waals surface area contributed by atoms with Crippen LogP contribution in [0.15, 0.2) is 24.3 Å². The number of hydrogen-bond acceptors (Lipinski definition) is 4. The average Bonchev–Trinajstić information content (AvgIpc) is 2.92. The number of nitrogens with zero attached hydrogens (tertiary/aromatic N) is 2. The normalized spacial score (nSPS) is 11.3. The average molecular weight is 388 g/mol. The SMILES string of the molecule is CCN(CC(=O)NC(C)(C)C)C(=O)Cc1sc(C)nc1-c1ccc(C)cc1. The van der Waals surface area contributed by atoms with Crippen molar-refractivity contribution < 1.29 is 9.59 Å². The number of likely N-dealkylation sites (N-methyl/N-ethyl adjacent to an activating group) is 1. The molecule has 0 fully saturated rings. The van der Waals surface area contributed by atoms with E-state index in [1.807, 2.05) is 65.8 Å². The Hall–Kier alpha value is -2.21. The largest absolute Gasteiger partial charge is 0.350 e. The van der Waals surface area contributed by atoms with Gasteiger partial charge in [0.2, 0.25) is 11.8 Å². The lowest BCUT2D eigenvalue weighted by Crippen LogP contribution is -2.47. The molecule has 0 aliphatic rings. The molecule has 0 atom stereocenters. The molecule has 27 heavy (non-hydrogen) atoms. The van der Waals surface area contributed by atoms with E-state index in [4.69, 9.17) is 0 Å². The number of aryl methyl sites for hydroxylation is 2. The zero-order chi connectivity index (χ0) is 20.2. The number of thiazole rings is 1. The van der Waals surface area contributed by atoms with Crippen molar-refractivity contribution >= 4 is 23.2 Å². The van der Waals surface area contributed by atoms with Crippen molar-refractivity contribution in [1.82, 2.24) is 15.2 Å². The summed E-state index contributed by atoms with van der Waals surface area (Å²) in [6.07, 6.45) is 0.255. The number of rotatable bonds is 6. The van der Waals surface area contributed by atoms with Gasteiger partial charge in [0, 0.05) is 22.5 Å². The lowest BCUT2D eigenvalue weighted by atomic mass is 10.1. The van der Waals surface area contributed by atoms with Crippen LogP contribution in [0.25, 0.3) is 11.3 Å². The van der Waals surface area contributed by atoms with Gasteiger partial charge in [0.1, 0.15) is 0 Å². The Morgan fingerprint density at radius 1 is 1.15 bits per heavy atom. The molecule has 1 heterocycles. The highest BCUT2D eigenvalue weighted by atomic mass is 32.1. The smallest absolute Gasteiger partial charge is 0.240 e. The Balaban J connectivity index is 2.14. The van der Waals surface area contributed by atoms with E-state index >= 15 is 0 Å². The second-order valence-corrected chi connectivity index (χ2v) is 9.04. The lowest BCUT2D eigenvalue weighted by Gasteiger charge is -2.25. The molecule has 0 spiro atoms. The van der Waals surface area contributed by atoms with Crippen LogP contribution in [-0.2, 0) is 16.0 Å². The first-order valence-corrected chi connectivity index (χ1v) is 10.0. The summed E-state index contributed by atoms with van der Waals surface area (Å²) in [6, 6.07) is 8.16. The Labute approximate surface area is 165 Å². The molecule has 5 nitrogen and oxygen atoms in total. The van der Waals surface area contributed by atoms with Gasteiger partial charge < -0.3 is 10.2 Å².